The fourth-order valence-electron chi connectivity index (χ4n) is 1.63. The lowest BCUT2D eigenvalue weighted by Gasteiger charge is -2.24. The van der Waals surface area contributed by atoms with Crippen LogP contribution in [0, 0.1) is 6.92 Å². The minimum atomic E-state index is -4.52. The summed E-state index contributed by atoms with van der Waals surface area (Å²) in [6.45, 7) is -0.703. The molecule has 0 atom stereocenters. The molecule has 0 aliphatic carbocycles. The number of rotatable bonds is 4. The first-order valence-electron chi connectivity index (χ1n) is 5.58. The van der Waals surface area contributed by atoms with Gasteiger partial charge in [0.15, 0.2) is 0 Å². The summed E-state index contributed by atoms with van der Waals surface area (Å²) in [5, 5.41) is 8.76. The van der Waals surface area contributed by atoms with Crippen molar-refractivity contribution in [3.05, 3.63) is 29.3 Å². The van der Waals surface area contributed by atoms with Crippen molar-refractivity contribution in [1.29, 1.82) is 0 Å². The van der Waals surface area contributed by atoms with Crippen molar-refractivity contribution in [2.24, 2.45) is 0 Å². The van der Waals surface area contributed by atoms with Gasteiger partial charge in [-0.15, -0.1) is 0 Å². The zero-order valence-electron chi connectivity index (χ0n) is 10.4. The number of alkyl halides is 3. The standard InChI is InChI=1S/C12H15F3N2O2/c1-8-3-2-4-9(10(8)16)11(19)17(5-6-18)7-12(13,14)15/h2-4,18H,5-7,16H2,1H3. The molecular weight excluding hydrogens is 261 g/mol. The number of hydrogen-bond donors (Lipinski definition) is 2. The number of carbonyl (C=O) groups is 1. The van der Waals surface area contributed by atoms with E-state index in [0.717, 1.165) is 0 Å². The second-order valence-corrected chi connectivity index (χ2v) is 4.10. The molecule has 4 nitrogen and oxygen atoms in total. The van der Waals surface area contributed by atoms with Crippen LogP contribution in [0.25, 0.3) is 0 Å². The van der Waals surface area contributed by atoms with E-state index in [2.05, 4.69) is 0 Å². The minimum absolute atomic E-state index is 0.0118. The molecule has 0 aliphatic rings. The monoisotopic (exact) mass is 276 g/mol. The maximum atomic E-state index is 12.4. The summed E-state index contributed by atoms with van der Waals surface area (Å²) >= 11 is 0. The van der Waals surface area contributed by atoms with Crippen LogP contribution in [0.3, 0.4) is 0 Å². The topological polar surface area (TPSA) is 66.6 Å². The number of carbonyl (C=O) groups excluding carboxylic acids is 1. The van der Waals surface area contributed by atoms with E-state index < -0.39 is 31.8 Å². The Hall–Kier alpha value is -1.76. The lowest BCUT2D eigenvalue weighted by Crippen LogP contribution is -2.41. The summed E-state index contributed by atoms with van der Waals surface area (Å²) in [4.78, 5) is 12.6. The number of anilines is 1. The third kappa shape index (κ3) is 4.13. The summed E-state index contributed by atoms with van der Waals surface area (Å²) < 4.78 is 37.1. The Morgan fingerprint density at radius 2 is 2.05 bits per heavy atom. The molecule has 3 N–H and O–H groups in total. The van der Waals surface area contributed by atoms with Crippen LogP contribution >= 0.6 is 0 Å². The van der Waals surface area contributed by atoms with Crippen molar-refractivity contribution in [3.63, 3.8) is 0 Å². The number of aryl methyl sites for hydroxylation is 1. The first-order chi connectivity index (χ1) is 8.76. The SMILES string of the molecule is Cc1cccc(C(=O)N(CCO)CC(F)(F)F)c1N. The molecule has 0 unspecified atom stereocenters. The maximum Gasteiger partial charge on any atom is 0.406 e. The Balaban J connectivity index is 3.02. The molecule has 1 aromatic carbocycles. The van der Waals surface area contributed by atoms with E-state index in [1.54, 1.807) is 19.1 Å². The van der Waals surface area contributed by atoms with E-state index in [4.69, 9.17) is 10.8 Å². The number of para-hydroxylation sites is 1. The van der Waals surface area contributed by atoms with Crippen molar-refractivity contribution in [2.75, 3.05) is 25.4 Å². The number of hydrogen-bond acceptors (Lipinski definition) is 3. The average molecular weight is 276 g/mol. The molecule has 0 heterocycles. The molecule has 1 aromatic rings. The number of amides is 1. The fourth-order valence-corrected chi connectivity index (χ4v) is 1.63. The van der Waals surface area contributed by atoms with Gasteiger partial charge in [-0.05, 0) is 18.6 Å². The molecule has 0 radical (unpaired) electrons. The molecule has 0 bridgehead atoms. The fraction of sp³-hybridized carbons (Fsp3) is 0.417. The summed E-state index contributed by atoms with van der Waals surface area (Å²) in [5.74, 6) is -0.840. The van der Waals surface area contributed by atoms with E-state index in [-0.39, 0.29) is 11.3 Å². The molecule has 1 amide bonds. The van der Waals surface area contributed by atoms with Crippen LogP contribution in [0.1, 0.15) is 15.9 Å². The second-order valence-electron chi connectivity index (χ2n) is 4.10. The Kier molecular flexibility index (Phi) is 4.77. The van der Waals surface area contributed by atoms with Crippen LogP contribution in [0.15, 0.2) is 18.2 Å². The predicted octanol–water partition coefficient (Wildman–Crippen LogP) is 1.57. The molecule has 1 rings (SSSR count). The zero-order chi connectivity index (χ0) is 14.6. The number of nitrogens with zero attached hydrogens (tertiary/aromatic N) is 1. The number of nitrogens with two attached hydrogens (primary N) is 1. The summed E-state index contributed by atoms with van der Waals surface area (Å²) in [5.41, 5.74) is 6.47. The smallest absolute Gasteiger partial charge is 0.398 e. The van der Waals surface area contributed by atoms with Crippen LogP contribution in [0.2, 0.25) is 0 Å². The molecule has 0 saturated carbocycles. The van der Waals surface area contributed by atoms with Crippen molar-refractivity contribution in [2.45, 2.75) is 13.1 Å². The van der Waals surface area contributed by atoms with Gasteiger partial charge < -0.3 is 15.7 Å². The lowest BCUT2D eigenvalue weighted by atomic mass is 10.1. The number of nitrogen functional groups attached to an aromatic ring is 1. The molecule has 0 aliphatic heterocycles. The summed E-state index contributed by atoms with van der Waals surface area (Å²) in [6.07, 6.45) is -4.52. The number of aliphatic hydroxyl groups is 1. The van der Waals surface area contributed by atoms with Crippen LogP contribution in [-0.4, -0.2) is 41.8 Å². The van der Waals surface area contributed by atoms with Gasteiger partial charge in [0.1, 0.15) is 6.54 Å². The third-order valence-corrected chi connectivity index (χ3v) is 2.58. The number of aliphatic hydroxyl groups excluding tert-OH is 1. The van der Waals surface area contributed by atoms with Gasteiger partial charge >= 0.3 is 6.18 Å². The van der Waals surface area contributed by atoms with Gasteiger partial charge in [0, 0.05) is 12.2 Å². The van der Waals surface area contributed by atoms with Crippen LogP contribution < -0.4 is 5.73 Å². The van der Waals surface area contributed by atoms with Crippen molar-refractivity contribution >= 4 is 11.6 Å². The van der Waals surface area contributed by atoms with Gasteiger partial charge in [-0.2, -0.15) is 13.2 Å². The largest absolute Gasteiger partial charge is 0.406 e. The molecule has 19 heavy (non-hydrogen) atoms. The zero-order valence-corrected chi connectivity index (χ0v) is 10.4. The van der Waals surface area contributed by atoms with Gasteiger partial charge in [0.2, 0.25) is 0 Å². The van der Waals surface area contributed by atoms with Gasteiger partial charge in [-0.1, -0.05) is 12.1 Å². The highest BCUT2D eigenvalue weighted by molar-refractivity contribution is 5.99. The van der Waals surface area contributed by atoms with Crippen molar-refractivity contribution in [3.8, 4) is 0 Å². The molecule has 0 saturated heterocycles. The predicted molar refractivity (Wildman–Crippen MR) is 64.6 cm³/mol. The van der Waals surface area contributed by atoms with Gasteiger partial charge in [0.25, 0.3) is 5.91 Å². The summed E-state index contributed by atoms with van der Waals surface area (Å²) in [7, 11) is 0. The van der Waals surface area contributed by atoms with Crippen molar-refractivity contribution < 1.29 is 23.1 Å². The van der Waals surface area contributed by atoms with Crippen LogP contribution in [0.4, 0.5) is 18.9 Å². The van der Waals surface area contributed by atoms with Crippen LogP contribution in [-0.2, 0) is 0 Å². The molecule has 0 aromatic heterocycles. The van der Waals surface area contributed by atoms with Gasteiger partial charge in [-0.3, -0.25) is 4.79 Å². The highest BCUT2D eigenvalue weighted by atomic mass is 19.4. The van der Waals surface area contributed by atoms with Gasteiger partial charge in [0.05, 0.1) is 12.2 Å². The summed E-state index contributed by atoms with van der Waals surface area (Å²) in [6, 6.07) is 4.57. The molecule has 7 heteroatoms. The Morgan fingerprint density at radius 1 is 1.42 bits per heavy atom. The minimum Gasteiger partial charge on any atom is -0.398 e. The first-order valence-corrected chi connectivity index (χ1v) is 5.58. The average Bonchev–Trinajstić information content (AvgIpc) is 2.30. The second kappa shape index (κ2) is 5.92. The third-order valence-electron chi connectivity index (χ3n) is 2.58. The first kappa shape index (κ1) is 15.3. The number of benzene rings is 1. The Morgan fingerprint density at radius 3 is 2.58 bits per heavy atom. The van der Waals surface area contributed by atoms with Gasteiger partial charge in [-0.25, -0.2) is 0 Å². The van der Waals surface area contributed by atoms with E-state index in [1.807, 2.05) is 0 Å². The van der Waals surface area contributed by atoms with E-state index in [0.29, 0.717) is 10.5 Å². The highest BCUT2D eigenvalue weighted by Crippen LogP contribution is 2.21. The molecule has 0 spiro atoms. The van der Waals surface area contributed by atoms with E-state index in [1.165, 1.54) is 6.07 Å². The number of halogens is 3. The molecule has 106 valence electrons. The van der Waals surface area contributed by atoms with E-state index >= 15 is 0 Å². The highest BCUT2D eigenvalue weighted by Gasteiger charge is 2.33. The quantitative estimate of drug-likeness (QED) is 0.820. The normalized spacial score (nSPS) is 11.4. The maximum absolute atomic E-state index is 12.4. The van der Waals surface area contributed by atoms with Crippen molar-refractivity contribution in [1.82, 2.24) is 4.90 Å². The van der Waals surface area contributed by atoms with E-state index in [9.17, 15) is 18.0 Å². The lowest BCUT2D eigenvalue weighted by molar-refractivity contribution is -0.141. The molecule has 0 fully saturated rings. The molecular formula is C12H15F3N2O2. The van der Waals surface area contributed by atoms with Crippen LogP contribution in [0.5, 0.6) is 0 Å². The Labute approximate surface area is 108 Å². The Bertz CT molecular complexity index is 461.